The highest BCUT2D eigenvalue weighted by atomic mass is 19.4. The minimum absolute atomic E-state index is 0.147. The van der Waals surface area contributed by atoms with Gasteiger partial charge in [-0.25, -0.2) is 9.97 Å². The predicted molar refractivity (Wildman–Crippen MR) is 135 cm³/mol. The Morgan fingerprint density at radius 3 is 2.47 bits per heavy atom. The van der Waals surface area contributed by atoms with Crippen molar-refractivity contribution in [2.24, 2.45) is 0 Å². The maximum atomic E-state index is 13.4. The third kappa shape index (κ3) is 6.58. The van der Waals surface area contributed by atoms with Crippen LogP contribution in [0.2, 0.25) is 0 Å². The van der Waals surface area contributed by atoms with Gasteiger partial charge < -0.3 is 20.1 Å². The lowest BCUT2D eigenvalue weighted by molar-refractivity contribution is -0.274. The van der Waals surface area contributed by atoms with Crippen molar-refractivity contribution in [1.29, 1.82) is 0 Å². The average Bonchev–Trinajstić information content (AvgIpc) is 2.87. The van der Waals surface area contributed by atoms with Gasteiger partial charge in [-0.3, -0.25) is 14.2 Å². The summed E-state index contributed by atoms with van der Waals surface area (Å²) in [5.41, 5.74) is 1.68. The smallest absolute Gasteiger partial charge is 0.497 e. The van der Waals surface area contributed by atoms with Crippen LogP contribution in [0.3, 0.4) is 0 Å². The number of halogens is 3. The van der Waals surface area contributed by atoms with Gasteiger partial charge in [-0.2, -0.15) is 0 Å². The number of nitrogens with zero attached hydrogens (tertiary/aromatic N) is 3. The molecule has 2 aromatic carbocycles. The molecule has 0 aliphatic heterocycles. The minimum atomic E-state index is -4.79. The lowest BCUT2D eigenvalue weighted by Gasteiger charge is -2.14. The average molecular weight is 528 g/mol. The van der Waals surface area contributed by atoms with Crippen molar-refractivity contribution in [2.75, 3.05) is 19.0 Å². The zero-order valence-electron chi connectivity index (χ0n) is 20.5. The molecular formula is C26H24F3N5O4. The highest BCUT2D eigenvalue weighted by molar-refractivity contribution is 5.76. The summed E-state index contributed by atoms with van der Waals surface area (Å²) in [5.74, 6) is 0.448. The van der Waals surface area contributed by atoms with Crippen LogP contribution >= 0.6 is 0 Å². The number of ether oxygens (including phenoxy) is 2. The molecule has 2 heterocycles. The summed E-state index contributed by atoms with van der Waals surface area (Å²) in [6, 6.07) is 15.8. The van der Waals surface area contributed by atoms with Gasteiger partial charge in [-0.15, -0.1) is 13.2 Å². The SMILES string of the molecule is COc1ccc(-c2nc3ccc(NCc4cccc(OC(F)(F)F)c4)nc3n(CCNC(C)=O)c2=O)cc1. The van der Waals surface area contributed by atoms with Gasteiger partial charge in [0.25, 0.3) is 5.56 Å². The van der Waals surface area contributed by atoms with E-state index in [0.29, 0.717) is 28.2 Å². The maximum absolute atomic E-state index is 13.4. The Kier molecular flexibility index (Phi) is 7.79. The van der Waals surface area contributed by atoms with Crippen LogP contribution in [0.25, 0.3) is 22.4 Å². The molecule has 0 aliphatic rings. The third-order valence-electron chi connectivity index (χ3n) is 5.47. The van der Waals surface area contributed by atoms with Crippen LogP contribution < -0.4 is 25.7 Å². The number of nitrogens with one attached hydrogen (secondary N) is 2. The molecule has 0 fully saturated rings. The number of carbonyl (C=O) groups excluding carboxylic acids is 1. The summed E-state index contributed by atoms with van der Waals surface area (Å²) in [6.07, 6.45) is -4.79. The first kappa shape index (κ1) is 26.5. The summed E-state index contributed by atoms with van der Waals surface area (Å²) in [5, 5.41) is 5.72. The molecule has 0 saturated heterocycles. The van der Waals surface area contributed by atoms with Crippen molar-refractivity contribution < 1.29 is 27.4 Å². The van der Waals surface area contributed by atoms with Crippen molar-refractivity contribution in [2.45, 2.75) is 26.4 Å². The van der Waals surface area contributed by atoms with E-state index >= 15 is 0 Å². The van der Waals surface area contributed by atoms with Gasteiger partial charge in [0.1, 0.15) is 28.5 Å². The largest absolute Gasteiger partial charge is 0.573 e. The zero-order chi connectivity index (χ0) is 27.3. The number of pyridine rings is 1. The Labute approximate surface area is 215 Å². The van der Waals surface area contributed by atoms with Crippen molar-refractivity contribution in [3.05, 3.63) is 76.6 Å². The number of hydrogen-bond donors (Lipinski definition) is 2. The van der Waals surface area contributed by atoms with Crippen LogP contribution in [0.5, 0.6) is 11.5 Å². The second-order valence-electron chi connectivity index (χ2n) is 8.22. The molecule has 12 heteroatoms. The van der Waals surface area contributed by atoms with E-state index in [0.717, 1.165) is 0 Å². The van der Waals surface area contributed by atoms with Gasteiger partial charge >= 0.3 is 6.36 Å². The van der Waals surface area contributed by atoms with E-state index < -0.39 is 11.9 Å². The van der Waals surface area contributed by atoms with Gasteiger partial charge in [-0.1, -0.05) is 12.1 Å². The molecular weight excluding hydrogens is 503 g/mol. The number of aromatic nitrogens is 3. The fourth-order valence-electron chi connectivity index (χ4n) is 3.75. The molecule has 4 rings (SSSR count). The molecule has 0 unspecified atom stereocenters. The Bertz CT molecular complexity index is 1500. The fraction of sp³-hybridized carbons (Fsp3) is 0.231. The first-order chi connectivity index (χ1) is 18.1. The standard InChI is InChI=1S/C26H24F3N5O4/c1-16(35)30-12-13-34-24-21(32-23(25(34)36)18-6-8-19(37-2)9-7-18)10-11-22(33-24)31-15-17-4-3-5-20(14-17)38-26(27,28)29/h3-11,14H,12-13,15H2,1-2H3,(H,30,35)(H,31,33). The van der Waals surface area contributed by atoms with E-state index in [2.05, 4.69) is 25.3 Å². The molecule has 4 aromatic rings. The van der Waals surface area contributed by atoms with E-state index in [9.17, 15) is 22.8 Å². The second-order valence-corrected chi connectivity index (χ2v) is 8.22. The minimum Gasteiger partial charge on any atom is -0.497 e. The fourth-order valence-corrected chi connectivity index (χ4v) is 3.75. The topological polar surface area (TPSA) is 107 Å². The van der Waals surface area contributed by atoms with Gasteiger partial charge in [0, 0.05) is 32.1 Å². The number of methoxy groups -OCH3 is 1. The Hall–Kier alpha value is -4.61. The summed E-state index contributed by atoms with van der Waals surface area (Å²) in [7, 11) is 1.54. The van der Waals surface area contributed by atoms with E-state index in [1.54, 1.807) is 49.6 Å². The number of fused-ring (bicyclic) bond motifs is 1. The Morgan fingerprint density at radius 2 is 1.79 bits per heavy atom. The monoisotopic (exact) mass is 527 g/mol. The molecule has 1 amide bonds. The summed E-state index contributed by atoms with van der Waals surface area (Å²) < 4.78 is 48.2. The van der Waals surface area contributed by atoms with Crippen molar-refractivity contribution in [1.82, 2.24) is 19.9 Å². The molecule has 0 radical (unpaired) electrons. The molecule has 0 atom stereocenters. The molecule has 0 saturated carbocycles. The van der Waals surface area contributed by atoms with E-state index in [1.165, 1.54) is 29.7 Å². The lowest BCUT2D eigenvalue weighted by atomic mass is 10.1. The first-order valence-corrected chi connectivity index (χ1v) is 11.5. The number of hydrogen-bond acceptors (Lipinski definition) is 7. The second kappa shape index (κ2) is 11.2. The molecule has 0 spiro atoms. The van der Waals surface area contributed by atoms with E-state index in [4.69, 9.17) is 4.74 Å². The summed E-state index contributed by atoms with van der Waals surface area (Å²) in [6.45, 7) is 1.88. The van der Waals surface area contributed by atoms with Crippen molar-refractivity contribution >= 4 is 22.9 Å². The van der Waals surface area contributed by atoms with Gasteiger partial charge in [-0.05, 0) is 54.1 Å². The quantitative estimate of drug-likeness (QED) is 0.337. The first-order valence-electron chi connectivity index (χ1n) is 11.5. The van der Waals surface area contributed by atoms with Crippen molar-refractivity contribution in [3.8, 4) is 22.8 Å². The number of benzene rings is 2. The number of anilines is 1. The molecule has 198 valence electrons. The number of carbonyl (C=O) groups is 1. The third-order valence-corrected chi connectivity index (χ3v) is 5.47. The Morgan fingerprint density at radius 1 is 1.03 bits per heavy atom. The van der Waals surface area contributed by atoms with Crippen LogP contribution in [0.1, 0.15) is 12.5 Å². The highest BCUT2D eigenvalue weighted by Crippen LogP contribution is 2.24. The number of rotatable bonds is 9. The van der Waals surface area contributed by atoms with Crippen LogP contribution in [0.15, 0.2) is 65.5 Å². The number of alkyl halides is 3. The van der Waals surface area contributed by atoms with Crippen molar-refractivity contribution in [3.63, 3.8) is 0 Å². The van der Waals surface area contributed by atoms with Gasteiger partial charge in [0.15, 0.2) is 5.65 Å². The summed E-state index contributed by atoms with van der Waals surface area (Å²) in [4.78, 5) is 33.9. The Balaban J connectivity index is 1.66. The van der Waals surface area contributed by atoms with Crippen LogP contribution in [0, 0.1) is 0 Å². The van der Waals surface area contributed by atoms with E-state index in [1.807, 2.05) is 0 Å². The normalized spacial score (nSPS) is 11.3. The molecule has 2 N–H and O–H groups in total. The molecule has 9 nitrogen and oxygen atoms in total. The lowest BCUT2D eigenvalue weighted by Crippen LogP contribution is -2.31. The zero-order valence-corrected chi connectivity index (χ0v) is 20.5. The number of amides is 1. The summed E-state index contributed by atoms with van der Waals surface area (Å²) >= 11 is 0. The molecule has 0 aliphatic carbocycles. The molecule has 0 bridgehead atoms. The van der Waals surface area contributed by atoms with Gasteiger partial charge in [0.05, 0.1) is 7.11 Å². The van der Waals surface area contributed by atoms with Crippen LogP contribution in [-0.4, -0.2) is 40.5 Å². The van der Waals surface area contributed by atoms with Gasteiger partial charge in [0.2, 0.25) is 5.91 Å². The maximum Gasteiger partial charge on any atom is 0.573 e. The van der Waals surface area contributed by atoms with Crippen LogP contribution in [0.4, 0.5) is 19.0 Å². The van der Waals surface area contributed by atoms with Crippen LogP contribution in [-0.2, 0) is 17.9 Å². The molecule has 38 heavy (non-hydrogen) atoms. The van der Waals surface area contributed by atoms with E-state index in [-0.39, 0.29) is 42.6 Å². The predicted octanol–water partition coefficient (Wildman–Crippen LogP) is 4.11. The highest BCUT2D eigenvalue weighted by Gasteiger charge is 2.31. The molecule has 2 aromatic heterocycles.